The Balaban J connectivity index is 1.55. The van der Waals surface area contributed by atoms with E-state index in [9.17, 15) is 9.18 Å². The van der Waals surface area contributed by atoms with Gasteiger partial charge in [-0.2, -0.15) is 0 Å². The van der Waals surface area contributed by atoms with Crippen molar-refractivity contribution in [2.75, 3.05) is 13.1 Å². The molecule has 0 saturated carbocycles. The Labute approximate surface area is 175 Å². The molecule has 30 heavy (non-hydrogen) atoms. The van der Waals surface area contributed by atoms with E-state index in [-0.39, 0.29) is 11.7 Å². The van der Waals surface area contributed by atoms with Gasteiger partial charge in [-0.05, 0) is 54.7 Å². The molecule has 0 saturated heterocycles. The summed E-state index contributed by atoms with van der Waals surface area (Å²) in [6.45, 7) is 7.02. The van der Waals surface area contributed by atoms with Crippen LogP contribution in [0.25, 0.3) is 5.69 Å². The van der Waals surface area contributed by atoms with Gasteiger partial charge in [0, 0.05) is 26.2 Å². The van der Waals surface area contributed by atoms with Gasteiger partial charge >= 0.3 is 0 Å². The van der Waals surface area contributed by atoms with Crippen molar-refractivity contribution in [3.05, 3.63) is 76.4 Å². The first-order valence-electron chi connectivity index (χ1n) is 10.3. The molecule has 0 atom stereocenters. The van der Waals surface area contributed by atoms with Crippen LogP contribution in [0.5, 0.6) is 0 Å². The van der Waals surface area contributed by atoms with Gasteiger partial charge in [-0.25, -0.2) is 9.07 Å². The smallest absolute Gasteiger partial charge is 0.273 e. The van der Waals surface area contributed by atoms with Crippen molar-refractivity contribution in [1.29, 1.82) is 0 Å². The molecular formula is C23H26FN5O. The highest BCUT2D eigenvalue weighted by Gasteiger charge is 2.23. The number of halogens is 1. The van der Waals surface area contributed by atoms with E-state index < -0.39 is 0 Å². The Kier molecular flexibility index (Phi) is 5.90. The summed E-state index contributed by atoms with van der Waals surface area (Å²) in [4.78, 5) is 14.7. The van der Waals surface area contributed by atoms with Crippen LogP contribution >= 0.6 is 0 Å². The SMILES string of the molecule is CCCNC(=O)c1nnn(-c2cccc3c2CCN(Cc2ccc(F)cc2)C3)c1C. The maximum Gasteiger partial charge on any atom is 0.273 e. The number of fused-ring (bicyclic) bond motifs is 1. The monoisotopic (exact) mass is 407 g/mol. The Morgan fingerprint density at radius 3 is 2.77 bits per heavy atom. The fourth-order valence-electron chi connectivity index (χ4n) is 3.92. The fraction of sp³-hybridized carbons (Fsp3) is 0.348. The maximum absolute atomic E-state index is 13.2. The molecular weight excluding hydrogens is 381 g/mol. The second-order valence-electron chi connectivity index (χ2n) is 7.69. The number of rotatable bonds is 6. The van der Waals surface area contributed by atoms with Crippen LogP contribution in [0.4, 0.5) is 4.39 Å². The minimum atomic E-state index is -0.210. The largest absolute Gasteiger partial charge is 0.351 e. The minimum Gasteiger partial charge on any atom is -0.351 e. The van der Waals surface area contributed by atoms with Crippen molar-refractivity contribution in [3.63, 3.8) is 0 Å². The van der Waals surface area contributed by atoms with Gasteiger partial charge in [0.1, 0.15) is 5.82 Å². The molecule has 156 valence electrons. The Morgan fingerprint density at radius 2 is 2.00 bits per heavy atom. The lowest BCUT2D eigenvalue weighted by Gasteiger charge is -2.30. The lowest BCUT2D eigenvalue weighted by molar-refractivity contribution is 0.0948. The van der Waals surface area contributed by atoms with Crippen LogP contribution in [0, 0.1) is 12.7 Å². The number of aromatic nitrogens is 3. The van der Waals surface area contributed by atoms with Crippen LogP contribution in [-0.4, -0.2) is 38.9 Å². The second-order valence-corrected chi connectivity index (χ2v) is 7.69. The molecule has 6 nitrogen and oxygen atoms in total. The van der Waals surface area contributed by atoms with Gasteiger partial charge in [-0.3, -0.25) is 9.69 Å². The Bertz CT molecular complexity index is 1040. The molecule has 1 N–H and O–H groups in total. The van der Waals surface area contributed by atoms with Gasteiger partial charge in [-0.1, -0.05) is 36.4 Å². The van der Waals surface area contributed by atoms with Gasteiger partial charge in [0.05, 0.1) is 11.4 Å². The summed E-state index contributed by atoms with van der Waals surface area (Å²) >= 11 is 0. The van der Waals surface area contributed by atoms with Crippen LogP contribution in [0.15, 0.2) is 42.5 Å². The highest BCUT2D eigenvalue weighted by atomic mass is 19.1. The maximum atomic E-state index is 13.2. The minimum absolute atomic E-state index is 0.184. The molecule has 0 aliphatic carbocycles. The molecule has 2 aromatic carbocycles. The van der Waals surface area contributed by atoms with Crippen LogP contribution in [-0.2, 0) is 19.5 Å². The molecule has 0 radical (unpaired) electrons. The molecule has 1 aliphatic rings. The molecule has 7 heteroatoms. The zero-order valence-corrected chi connectivity index (χ0v) is 17.4. The van der Waals surface area contributed by atoms with Crippen molar-refractivity contribution < 1.29 is 9.18 Å². The number of nitrogens with one attached hydrogen (secondary N) is 1. The van der Waals surface area contributed by atoms with E-state index >= 15 is 0 Å². The number of hydrogen-bond donors (Lipinski definition) is 1. The molecule has 1 amide bonds. The van der Waals surface area contributed by atoms with Gasteiger partial charge < -0.3 is 5.32 Å². The molecule has 1 aliphatic heterocycles. The van der Waals surface area contributed by atoms with Crippen LogP contribution in [0.1, 0.15) is 46.2 Å². The predicted octanol–water partition coefficient (Wildman–Crippen LogP) is 3.41. The number of amides is 1. The summed E-state index contributed by atoms with van der Waals surface area (Å²) < 4.78 is 14.9. The van der Waals surface area contributed by atoms with E-state index in [1.807, 2.05) is 38.1 Å². The average Bonchev–Trinajstić information content (AvgIpc) is 3.14. The van der Waals surface area contributed by atoms with Gasteiger partial charge in [0.15, 0.2) is 5.69 Å². The van der Waals surface area contributed by atoms with E-state index in [1.54, 1.807) is 4.68 Å². The van der Waals surface area contributed by atoms with Crippen molar-refractivity contribution in [2.45, 2.75) is 39.8 Å². The summed E-state index contributed by atoms with van der Waals surface area (Å²) in [5, 5.41) is 11.3. The third kappa shape index (κ3) is 4.11. The molecule has 4 rings (SSSR count). The molecule has 0 fully saturated rings. The van der Waals surface area contributed by atoms with Crippen molar-refractivity contribution in [3.8, 4) is 5.69 Å². The Morgan fingerprint density at radius 1 is 1.20 bits per heavy atom. The molecule has 0 unspecified atom stereocenters. The van der Waals surface area contributed by atoms with Crippen molar-refractivity contribution in [2.24, 2.45) is 0 Å². The lowest BCUT2D eigenvalue weighted by Crippen LogP contribution is -2.31. The summed E-state index contributed by atoms with van der Waals surface area (Å²) in [5.74, 6) is -0.394. The summed E-state index contributed by atoms with van der Waals surface area (Å²) in [7, 11) is 0. The van der Waals surface area contributed by atoms with Crippen molar-refractivity contribution >= 4 is 5.91 Å². The fourth-order valence-corrected chi connectivity index (χ4v) is 3.92. The normalized spacial score (nSPS) is 13.8. The highest BCUT2D eigenvalue weighted by Crippen LogP contribution is 2.27. The van der Waals surface area contributed by atoms with Crippen LogP contribution in [0.2, 0.25) is 0 Å². The number of nitrogens with zero attached hydrogens (tertiary/aromatic N) is 4. The standard InChI is InChI=1S/C23H26FN5O/c1-3-12-25-23(30)22-16(2)29(27-26-22)21-6-4-5-18-15-28(13-11-20(18)21)14-17-7-9-19(24)10-8-17/h4-10H,3,11-15H2,1-2H3,(H,25,30). The van der Waals surface area contributed by atoms with Gasteiger partial charge in [-0.15, -0.1) is 5.10 Å². The number of hydrogen-bond acceptors (Lipinski definition) is 4. The first-order valence-corrected chi connectivity index (χ1v) is 10.3. The van der Waals surface area contributed by atoms with Gasteiger partial charge in [0.25, 0.3) is 5.91 Å². The zero-order chi connectivity index (χ0) is 21.1. The summed E-state index contributed by atoms with van der Waals surface area (Å²) in [6, 6.07) is 12.9. The third-order valence-electron chi connectivity index (χ3n) is 5.51. The van der Waals surface area contributed by atoms with Crippen LogP contribution < -0.4 is 5.32 Å². The van der Waals surface area contributed by atoms with E-state index in [2.05, 4.69) is 26.6 Å². The van der Waals surface area contributed by atoms with Gasteiger partial charge in [0.2, 0.25) is 0 Å². The molecule has 0 spiro atoms. The average molecular weight is 407 g/mol. The lowest BCUT2D eigenvalue weighted by atomic mass is 9.97. The molecule has 2 heterocycles. The van der Waals surface area contributed by atoms with E-state index in [0.29, 0.717) is 12.2 Å². The number of benzene rings is 2. The highest BCUT2D eigenvalue weighted by molar-refractivity contribution is 5.93. The van der Waals surface area contributed by atoms with E-state index in [4.69, 9.17) is 0 Å². The Hall–Kier alpha value is -3.06. The van der Waals surface area contributed by atoms with E-state index in [0.717, 1.165) is 49.4 Å². The third-order valence-corrected chi connectivity index (χ3v) is 5.51. The first kappa shape index (κ1) is 20.2. The number of carbonyl (C=O) groups excluding carboxylic acids is 1. The summed E-state index contributed by atoms with van der Waals surface area (Å²) in [5.41, 5.74) is 5.67. The quantitative estimate of drug-likeness (QED) is 0.680. The van der Waals surface area contributed by atoms with Crippen LogP contribution in [0.3, 0.4) is 0 Å². The summed E-state index contributed by atoms with van der Waals surface area (Å²) in [6.07, 6.45) is 1.75. The topological polar surface area (TPSA) is 63.1 Å². The molecule has 1 aromatic heterocycles. The molecule has 3 aromatic rings. The van der Waals surface area contributed by atoms with Crippen molar-refractivity contribution in [1.82, 2.24) is 25.2 Å². The zero-order valence-electron chi connectivity index (χ0n) is 17.4. The molecule has 0 bridgehead atoms. The predicted molar refractivity (Wildman–Crippen MR) is 113 cm³/mol. The number of carbonyl (C=O) groups is 1. The second kappa shape index (κ2) is 8.75. The first-order chi connectivity index (χ1) is 14.6. The van der Waals surface area contributed by atoms with E-state index in [1.165, 1.54) is 23.3 Å².